The molecule has 8 heteroatoms. The Labute approximate surface area is 135 Å². The second-order valence-electron chi connectivity index (χ2n) is 4.91. The fraction of sp³-hybridized carbons (Fsp3) is 0.250. The van der Waals surface area contributed by atoms with Crippen LogP contribution in [0.15, 0.2) is 47.1 Å². The summed E-state index contributed by atoms with van der Waals surface area (Å²) in [7, 11) is 0. The molecule has 24 heavy (non-hydrogen) atoms. The van der Waals surface area contributed by atoms with Gasteiger partial charge in [0.25, 0.3) is 5.91 Å². The lowest BCUT2D eigenvalue weighted by atomic mass is 10.1. The van der Waals surface area contributed by atoms with Gasteiger partial charge in [-0.05, 0) is 24.3 Å². The molecular formula is C16H14F3NO4. The largest absolute Gasteiger partial charge is 0.467 e. The van der Waals surface area contributed by atoms with Gasteiger partial charge in [-0.15, -0.1) is 0 Å². The molecule has 0 aliphatic carbocycles. The van der Waals surface area contributed by atoms with E-state index < -0.39 is 29.7 Å². The lowest BCUT2D eigenvalue weighted by Crippen LogP contribution is -2.31. The number of carbonyl (C=O) groups is 2. The van der Waals surface area contributed by atoms with Crippen LogP contribution in [-0.2, 0) is 27.0 Å². The summed E-state index contributed by atoms with van der Waals surface area (Å²) < 4.78 is 47.8. The molecular weight excluding hydrogens is 327 g/mol. The Morgan fingerprint density at radius 1 is 1.21 bits per heavy atom. The lowest BCUT2D eigenvalue weighted by Gasteiger charge is -2.17. The normalized spacial score (nSPS) is 12.5. The zero-order chi connectivity index (χ0) is 17.7. The molecule has 1 N–H and O–H groups in total. The van der Waals surface area contributed by atoms with Crippen molar-refractivity contribution in [2.45, 2.75) is 25.7 Å². The summed E-state index contributed by atoms with van der Waals surface area (Å²) in [6, 6.07) is 7.13. The quantitative estimate of drug-likeness (QED) is 0.848. The predicted molar refractivity (Wildman–Crippen MR) is 76.5 cm³/mol. The minimum Gasteiger partial charge on any atom is -0.467 e. The van der Waals surface area contributed by atoms with Gasteiger partial charge in [-0.3, -0.25) is 9.59 Å². The minimum absolute atomic E-state index is 0.0598. The van der Waals surface area contributed by atoms with E-state index in [0.29, 0.717) is 5.76 Å². The maximum atomic E-state index is 12.6. The van der Waals surface area contributed by atoms with E-state index in [9.17, 15) is 22.8 Å². The number of esters is 1. The van der Waals surface area contributed by atoms with Crippen molar-refractivity contribution in [3.8, 4) is 0 Å². The zero-order valence-corrected chi connectivity index (χ0v) is 12.6. The van der Waals surface area contributed by atoms with Crippen LogP contribution in [0.2, 0.25) is 0 Å². The van der Waals surface area contributed by atoms with Gasteiger partial charge in [-0.1, -0.05) is 12.1 Å². The summed E-state index contributed by atoms with van der Waals surface area (Å²) in [5, 5.41) is 2.50. The number of hydrogen-bond acceptors (Lipinski definition) is 4. The van der Waals surface area contributed by atoms with Crippen LogP contribution in [0.1, 0.15) is 29.9 Å². The van der Waals surface area contributed by atoms with Gasteiger partial charge >= 0.3 is 12.1 Å². The number of alkyl halides is 3. The molecule has 0 aliphatic heterocycles. The van der Waals surface area contributed by atoms with Crippen molar-refractivity contribution in [3.63, 3.8) is 0 Å². The number of halogens is 3. The molecule has 1 atom stereocenters. The first-order valence-electron chi connectivity index (χ1n) is 6.92. The van der Waals surface area contributed by atoms with Crippen molar-refractivity contribution in [2.75, 3.05) is 0 Å². The van der Waals surface area contributed by atoms with Crippen molar-refractivity contribution < 1.29 is 31.9 Å². The van der Waals surface area contributed by atoms with E-state index in [-0.39, 0.29) is 12.1 Å². The van der Waals surface area contributed by atoms with Crippen molar-refractivity contribution >= 4 is 11.9 Å². The maximum Gasteiger partial charge on any atom is 0.416 e. The van der Waals surface area contributed by atoms with Crippen LogP contribution >= 0.6 is 0 Å². The maximum absolute atomic E-state index is 12.6. The third-order valence-electron chi connectivity index (χ3n) is 3.08. The molecule has 128 valence electrons. The molecule has 0 fully saturated rings. The number of rotatable bonds is 5. The van der Waals surface area contributed by atoms with E-state index in [1.165, 1.54) is 6.26 Å². The highest BCUT2D eigenvalue weighted by atomic mass is 19.4. The fourth-order valence-corrected chi connectivity index (χ4v) is 1.97. The lowest BCUT2D eigenvalue weighted by molar-refractivity contribution is -0.154. The Hall–Kier alpha value is -2.77. The first-order valence-corrected chi connectivity index (χ1v) is 6.92. The summed E-state index contributed by atoms with van der Waals surface area (Å²) in [6.07, 6.45) is -4.41. The molecule has 0 radical (unpaired) electrons. The molecule has 0 saturated carbocycles. The van der Waals surface area contributed by atoms with Crippen LogP contribution in [0.25, 0.3) is 0 Å². The smallest absolute Gasteiger partial charge is 0.416 e. The number of amides is 1. The molecule has 1 heterocycles. The topological polar surface area (TPSA) is 68.5 Å². The van der Waals surface area contributed by atoms with Gasteiger partial charge in [0, 0.05) is 12.5 Å². The fourth-order valence-electron chi connectivity index (χ4n) is 1.97. The van der Waals surface area contributed by atoms with Crippen LogP contribution in [0.3, 0.4) is 0 Å². The number of nitrogens with one attached hydrogen (secondary N) is 1. The van der Waals surface area contributed by atoms with E-state index in [2.05, 4.69) is 5.32 Å². The van der Waals surface area contributed by atoms with Gasteiger partial charge in [0.05, 0.1) is 18.4 Å². The second-order valence-corrected chi connectivity index (χ2v) is 4.91. The average molecular weight is 341 g/mol. The summed E-state index contributed by atoms with van der Waals surface area (Å²) >= 11 is 0. The monoisotopic (exact) mass is 341 g/mol. The molecule has 0 unspecified atom stereocenters. The molecule has 0 spiro atoms. The van der Waals surface area contributed by atoms with Crippen LogP contribution in [0.5, 0.6) is 0 Å². The van der Waals surface area contributed by atoms with Gasteiger partial charge < -0.3 is 14.5 Å². The highest BCUT2D eigenvalue weighted by molar-refractivity contribution is 5.84. The zero-order valence-electron chi connectivity index (χ0n) is 12.6. The van der Waals surface area contributed by atoms with E-state index in [0.717, 1.165) is 31.2 Å². The van der Waals surface area contributed by atoms with E-state index in [4.69, 9.17) is 9.15 Å². The third kappa shape index (κ3) is 4.61. The Kier molecular flexibility index (Phi) is 5.28. The SMILES string of the molecule is CC(=O)O[C@H](C(=O)NCc1ccco1)c1ccc(C(F)(F)F)cc1. The Morgan fingerprint density at radius 3 is 2.38 bits per heavy atom. The summed E-state index contributed by atoms with van der Waals surface area (Å²) in [4.78, 5) is 23.4. The first-order chi connectivity index (χ1) is 11.3. The number of furan rings is 1. The van der Waals surface area contributed by atoms with Crippen LogP contribution in [-0.4, -0.2) is 11.9 Å². The van der Waals surface area contributed by atoms with Gasteiger partial charge in [0.15, 0.2) is 0 Å². The van der Waals surface area contributed by atoms with Gasteiger partial charge in [-0.2, -0.15) is 13.2 Å². The van der Waals surface area contributed by atoms with Crippen molar-refractivity contribution in [1.82, 2.24) is 5.32 Å². The molecule has 2 aromatic rings. The molecule has 2 rings (SSSR count). The Balaban J connectivity index is 2.14. The van der Waals surface area contributed by atoms with Crippen LogP contribution < -0.4 is 5.32 Å². The van der Waals surface area contributed by atoms with Crippen molar-refractivity contribution in [1.29, 1.82) is 0 Å². The summed E-state index contributed by atoms with van der Waals surface area (Å²) in [5.74, 6) is -0.910. The highest BCUT2D eigenvalue weighted by Crippen LogP contribution is 2.30. The standard InChI is InChI=1S/C16H14F3NO4/c1-10(21)24-14(15(22)20-9-13-3-2-8-23-13)11-4-6-12(7-5-11)16(17,18)19/h2-8,14H,9H2,1H3,(H,20,22)/t14-/m0/s1. The highest BCUT2D eigenvalue weighted by Gasteiger charge is 2.31. The molecule has 0 saturated heterocycles. The number of carbonyl (C=O) groups excluding carboxylic acids is 2. The van der Waals surface area contributed by atoms with Crippen LogP contribution in [0, 0.1) is 0 Å². The number of hydrogen-bond donors (Lipinski definition) is 1. The van der Waals surface area contributed by atoms with Gasteiger partial charge in [-0.25, -0.2) is 0 Å². The van der Waals surface area contributed by atoms with Crippen molar-refractivity contribution in [2.24, 2.45) is 0 Å². The van der Waals surface area contributed by atoms with Crippen LogP contribution in [0.4, 0.5) is 13.2 Å². The summed E-state index contributed by atoms with van der Waals surface area (Å²) in [6.45, 7) is 1.17. The van der Waals surface area contributed by atoms with Gasteiger partial charge in [0.2, 0.25) is 6.10 Å². The van der Waals surface area contributed by atoms with Crippen molar-refractivity contribution in [3.05, 3.63) is 59.5 Å². The van der Waals surface area contributed by atoms with E-state index in [1.54, 1.807) is 12.1 Å². The van der Waals surface area contributed by atoms with E-state index in [1.807, 2.05) is 0 Å². The summed E-state index contributed by atoms with van der Waals surface area (Å²) in [5.41, 5.74) is -0.723. The molecule has 1 amide bonds. The molecule has 0 aliphatic rings. The molecule has 1 aromatic carbocycles. The molecule has 1 aromatic heterocycles. The third-order valence-corrected chi connectivity index (χ3v) is 3.08. The second kappa shape index (κ2) is 7.20. The number of benzene rings is 1. The van der Waals surface area contributed by atoms with E-state index >= 15 is 0 Å². The Bertz CT molecular complexity index is 693. The molecule has 5 nitrogen and oxygen atoms in total. The minimum atomic E-state index is -4.49. The average Bonchev–Trinajstić information content (AvgIpc) is 3.03. The Morgan fingerprint density at radius 2 is 1.88 bits per heavy atom. The van der Waals surface area contributed by atoms with Gasteiger partial charge in [0.1, 0.15) is 5.76 Å². The predicted octanol–water partition coefficient (Wildman–Crippen LogP) is 3.22. The number of ether oxygens (including phenoxy) is 1. The molecule has 0 bridgehead atoms. The first kappa shape index (κ1) is 17.6.